The van der Waals surface area contributed by atoms with Crippen molar-refractivity contribution < 1.29 is 9.53 Å². The molecule has 1 heterocycles. The number of ketones is 1. The van der Waals surface area contributed by atoms with Crippen LogP contribution in [0.5, 0.6) is 0 Å². The summed E-state index contributed by atoms with van der Waals surface area (Å²) in [7, 11) is 0. The van der Waals surface area contributed by atoms with Gasteiger partial charge in [0, 0.05) is 6.42 Å². The molecule has 2 heteroatoms. The Balaban J connectivity index is 2.71. The molecule has 0 aromatic rings. The quantitative estimate of drug-likeness (QED) is 0.682. The van der Waals surface area contributed by atoms with Gasteiger partial charge >= 0.3 is 0 Å². The molecule has 2 nitrogen and oxygen atoms in total. The monoisotopic (exact) mass is 198 g/mol. The van der Waals surface area contributed by atoms with Crippen LogP contribution in [0.2, 0.25) is 0 Å². The van der Waals surface area contributed by atoms with E-state index in [0.29, 0.717) is 6.42 Å². The molecule has 0 saturated carbocycles. The Bertz CT molecular complexity index is 228. The van der Waals surface area contributed by atoms with E-state index in [1.807, 2.05) is 0 Å². The van der Waals surface area contributed by atoms with E-state index in [2.05, 4.69) is 27.7 Å². The van der Waals surface area contributed by atoms with Crippen LogP contribution in [0.3, 0.4) is 0 Å². The molecule has 0 radical (unpaired) electrons. The highest BCUT2D eigenvalue weighted by molar-refractivity contribution is 5.76. The summed E-state index contributed by atoms with van der Waals surface area (Å²) in [5.74, 6) is 0.223. The first-order valence-electron chi connectivity index (χ1n) is 5.40. The van der Waals surface area contributed by atoms with Gasteiger partial charge in [0.05, 0.1) is 11.7 Å². The Morgan fingerprint density at radius 3 is 2.36 bits per heavy atom. The predicted molar refractivity (Wildman–Crippen MR) is 57.3 cm³/mol. The van der Waals surface area contributed by atoms with Crippen LogP contribution in [0.15, 0.2) is 0 Å². The van der Waals surface area contributed by atoms with E-state index in [4.69, 9.17) is 4.74 Å². The Kier molecular flexibility index (Phi) is 3.05. The van der Waals surface area contributed by atoms with E-state index < -0.39 is 0 Å². The van der Waals surface area contributed by atoms with Gasteiger partial charge in [0.2, 0.25) is 0 Å². The molecular weight excluding hydrogens is 176 g/mol. The minimum Gasteiger partial charge on any atom is -0.371 e. The highest BCUT2D eigenvalue weighted by Crippen LogP contribution is 2.41. The van der Waals surface area contributed by atoms with Crippen molar-refractivity contribution in [3.63, 3.8) is 0 Å². The largest absolute Gasteiger partial charge is 0.371 e. The van der Waals surface area contributed by atoms with Crippen LogP contribution in [-0.2, 0) is 9.53 Å². The fourth-order valence-corrected chi connectivity index (χ4v) is 1.97. The van der Waals surface area contributed by atoms with Gasteiger partial charge in [-0.15, -0.1) is 0 Å². The molecule has 0 spiro atoms. The zero-order valence-electron chi connectivity index (χ0n) is 10.0. The lowest BCUT2D eigenvalue weighted by Crippen LogP contribution is -2.46. The van der Waals surface area contributed by atoms with Gasteiger partial charge in [0.25, 0.3) is 0 Å². The molecule has 0 aromatic carbocycles. The molecular formula is C12H22O2. The van der Waals surface area contributed by atoms with Gasteiger partial charge in [-0.25, -0.2) is 0 Å². The summed E-state index contributed by atoms with van der Waals surface area (Å²) >= 11 is 0. The number of carbonyl (C=O) groups is 1. The van der Waals surface area contributed by atoms with Crippen LogP contribution in [-0.4, -0.2) is 17.5 Å². The van der Waals surface area contributed by atoms with Crippen molar-refractivity contribution in [3.05, 3.63) is 0 Å². The topological polar surface area (TPSA) is 26.3 Å². The van der Waals surface area contributed by atoms with Gasteiger partial charge in [-0.1, -0.05) is 13.8 Å². The first-order chi connectivity index (χ1) is 6.23. The van der Waals surface area contributed by atoms with Crippen molar-refractivity contribution in [3.8, 4) is 0 Å². The van der Waals surface area contributed by atoms with Crippen molar-refractivity contribution >= 4 is 5.78 Å². The summed E-state index contributed by atoms with van der Waals surface area (Å²) in [5.41, 5.74) is 0.0802. The minimum atomic E-state index is -0.0599. The maximum absolute atomic E-state index is 11.1. The second-order valence-corrected chi connectivity index (χ2v) is 5.76. The van der Waals surface area contributed by atoms with E-state index in [-0.39, 0.29) is 22.9 Å². The van der Waals surface area contributed by atoms with Crippen molar-refractivity contribution in [1.82, 2.24) is 0 Å². The molecule has 0 aromatic heterocycles. The molecule has 1 aliphatic heterocycles. The van der Waals surface area contributed by atoms with Gasteiger partial charge in [0.15, 0.2) is 0 Å². The third-order valence-corrected chi connectivity index (χ3v) is 3.18. The van der Waals surface area contributed by atoms with Crippen LogP contribution in [0.25, 0.3) is 0 Å². The van der Waals surface area contributed by atoms with Crippen molar-refractivity contribution in [2.24, 2.45) is 5.41 Å². The van der Waals surface area contributed by atoms with Crippen LogP contribution < -0.4 is 0 Å². The predicted octanol–water partition coefficient (Wildman–Crippen LogP) is 2.95. The Morgan fingerprint density at radius 1 is 1.29 bits per heavy atom. The Labute approximate surface area is 87.0 Å². The standard InChI is InChI=1S/C12H22O2/c1-9(13)8-10-11(2,3)6-7-12(4,5)14-10/h10H,6-8H2,1-5H3. The molecule has 14 heavy (non-hydrogen) atoms. The molecule has 1 unspecified atom stereocenters. The van der Waals surface area contributed by atoms with Crippen LogP contribution in [0.1, 0.15) is 53.9 Å². The van der Waals surface area contributed by atoms with Gasteiger partial charge in [-0.3, -0.25) is 4.79 Å². The van der Waals surface area contributed by atoms with Crippen molar-refractivity contribution in [1.29, 1.82) is 0 Å². The Morgan fingerprint density at radius 2 is 1.86 bits per heavy atom. The average molecular weight is 198 g/mol. The lowest BCUT2D eigenvalue weighted by atomic mass is 9.74. The normalized spacial score (nSPS) is 29.9. The van der Waals surface area contributed by atoms with Gasteiger partial charge in [0.1, 0.15) is 5.78 Å². The Hall–Kier alpha value is -0.370. The molecule has 0 bridgehead atoms. The van der Waals surface area contributed by atoms with E-state index in [0.717, 1.165) is 12.8 Å². The molecule has 1 atom stereocenters. The maximum Gasteiger partial charge on any atom is 0.132 e. The molecule has 1 saturated heterocycles. The van der Waals surface area contributed by atoms with E-state index in [9.17, 15) is 4.79 Å². The summed E-state index contributed by atoms with van der Waals surface area (Å²) < 4.78 is 5.98. The zero-order valence-corrected chi connectivity index (χ0v) is 10.0. The fourth-order valence-electron chi connectivity index (χ4n) is 1.97. The first-order valence-corrected chi connectivity index (χ1v) is 5.40. The highest BCUT2D eigenvalue weighted by Gasteiger charge is 2.40. The number of ether oxygens (including phenoxy) is 1. The molecule has 0 N–H and O–H groups in total. The number of rotatable bonds is 2. The fraction of sp³-hybridized carbons (Fsp3) is 0.917. The third-order valence-electron chi connectivity index (χ3n) is 3.18. The number of carbonyl (C=O) groups excluding carboxylic acids is 1. The molecule has 82 valence electrons. The van der Waals surface area contributed by atoms with Crippen molar-refractivity contribution in [2.75, 3.05) is 0 Å². The SMILES string of the molecule is CC(=O)CC1OC(C)(C)CCC1(C)C. The lowest BCUT2D eigenvalue weighted by Gasteiger charge is -2.46. The number of hydrogen-bond donors (Lipinski definition) is 0. The van der Waals surface area contributed by atoms with E-state index in [1.54, 1.807) is 6.92 Å². The summed E-state index contributed by atoms with van der Waals surface area (Å²) in [5, 5.41) is 0. The minimum absolute atomic E-state index is 0.0599. The van der Waals surface area contributed by atoms with Crippen LogP contribution in [0, 0.1) is 5.41 Å². The summed E-state index contributed by atoms with van der Waals surface area (Å²) in [6.07, 6.45) is 2.85. The smallest absolute Gasteiger partial charge is 0.132 e. The summed E-state index contributed by atoms with van der Waals surface area (Å²) in [6.45, 7) is 10.2. The van der Waals surface area contributed by atoms with Crippen molar-refractivity contribution in [2.45, 2.75) is 65.6 Å². The van der Waals surface area contributed by atoms with E-state index in [1.165, 1.54) is 0 Å². The maximum atomic E-state index is 11.1. The molecule has 1 fully saturated rings. The molecule has 0 amide bonds. The van der Waals surface area contributed by atoms with Gasteiger partial charge < -0.3 is 4.74 Å². The lowest BCUT2D eigenvalue weighted by molar-refractivity contribution is -0.167. The third kappa shape index (κ3) is 2.81. The number of Topliss-reactive ketones (excluding diaryl/α,β-unsaturated/α-hetero) is 1. The van der Waals surface area contributed by atoms with Crippen LogP contribution >= 0.6 is 0 Å². The average Bonchev–Trinajstić information content (AvgIpc) is 1.97. The summed E-state index contributed by atoms with van der Waals surface area (Å²) in [6, 6.07) is 0. The number of hydrogen-bond acceptors (Lipinski definition) is 2. The molecule has 1 aliphatic rings. The molecule has 0 aliphatic carbocycles. The highest BCUT2D eigenvalue weighted by atomic mass is 16.5. The van der Waals surface area contributed by atoms with Crippen LogP contribution in [0.4, 0.5) is 0 Å². The second kappa shape index (κ2) is 3.65. The second-order valence-electron chi connectivity index (χ2n) is 5.76. The summed E-state index contributed by atoms with van der Waals surface area (Å²) in [4.78, 5) is 11.1. The van der Waals surface area contributed by atoms with E-state index >= 15 is 0 Å². The molecule has 1 rings (SSSR count). The van der Waals surface area contributed by atoms with Gasteiger partial charge in [-0.2, -0.15) is 0 Å². The van der Waals surface area contributed by atoms with Gasteiger partial charge in [-0.05, 0) is 39.0 Å². The zero-order chi connectivity index (χ0) is 11.0. The first kappa shape index (κ1) is 11.7.